The second-order valence-electron chi connectivity index (χ2n) is 5.34. The highest BCUT2D eigenvalue weighted by molar-refractivity contribution is 7.99. The summed E-state index contributed by atoms with van der Waals surface area (Å²) in [5.74, 6) is 1.16. The Morgan fingerprint density at radius 2 is 2.40 bits per heavy atom. The lowest BCUT2D eigenvalue weighted by atomic mass is 10.2. The zero-order valence-electron chi connectivity index (χ0n) is 12.5. The van der Waals surface area contributed by atoms with E-state index in [1.54, 1.807) is 10.9 Å². The van der Waals surface area contributed by atoms with Crippen LogP contribution in [0.2, 0.25) is 0 Å². The Balaban J connectivity index is 1.77. The predicted octanol–water partition coefficient (Wildman–Crippen LogP) is 2.24. The molecule has 1 aliphatic rings. The van der Waals surface area contributed by atoms with Crippen LogP contribution in [0.3, 0.4) is 0 Å². The van der Waals surface area contributed by atoms with Gasteiger partial charge in [-0.05, 0) is 25.0 Å². The van der Waals surface area contributed by atoms with E-state index in [0.717, 1.165) is 29.4 Å². The average Bonchev–Trinajstić information content (AvgIpc) is 3.05. The summed E-state index contributed by atoms with van der Waals surface area (Å²) in [5.41, 5.74) is 1.03. The van der Waals surface area contributed by atoms with Gasteiger partial charge in [0, 0.05) is 43.7 Å². The van der Waals surface area contributed by atoms with Gasteiger partial charge in [0.25, 0.3) is 0 Å². The third kappa shape index (κ3) is 3.91. The molecule has 20 heavy (non-hydrogen) atoms. The number of aromatic nitrogens is 2. The summed E-state index contributed by atoms with van der Waals surface area (Å²) < 4.78 is 1.74. The standard InChI is InChI=1S/C14H24N4OS/c1-4-20-13-6-5-12(7-13)18(3)14(19)15-8-11-9-16-17(2)10-11/h9-10,12-13H,4-8H2,1-3H3,(H,15,19)/t12-,13-/m0/s1. The fourth-order valence-corrected chi connectivity index (χ4v) is 3.82. The minimum Gasteiger partial charge on any atom is -0.334 e. The van der Waals surface area contributed by atoms with E-state index < -0.39 is 0 Å². The summed E-state index contributed by atoms with van der Waals surface area (Å²) in [4.78, 5) is 14.0. The Morgan fingerprint density at radius 3 is 3.05 bits per heavy atom. The van der Waals surface area contributed by atoms with Gasteiger partial charge >= 0.3 is 6.03 Å². The van der Waals surface area contributed by atoms with Crippen LogP contribution < -0.4 is 5.32 Å². The van der Waals surface area contributed by atoms with Crippen molar-refractivity contribution in [2.75, 3.05) is 12.8 Å². The fourth-order valence-electron chi connectivity index (χ4n) is 2.69. The maximum atomic E-state index is 12.2. The third-order valence-corrected chi connectivity index (χ3v) is 5.06. The van der Waals surface area contributed by atoms with Gasteiger partial charge in [-0.3, -0.25) is 4.68 Å². The number of aryl methyl sites for hydroxylation is 1. The Labute approximate surface area is 125 Å². The van der Waals surface area contributed by atoms with Crippen molar-refractivity contribution in [1.29, 1.82) is 0 Å². The van der Waals surface area contributed by atoms with Gasteiger partial charge in [0.1, 0.15) is 0 Å². The Kier molecular flexibility index (Phi) is 5.34. The molecule has 1 N–H and O–H groups in total. The van der Waals surface area contributed by atoms with Gasteiger partial charge in [0.05, 0.1) is 6.20 Å². The molecular weight excluding hydrogens is 272 g/mol. The number of hydrogen-bond donors (Lipinski definition) is 1. The molecule has 2 rings (SSSR count). The molecule has 0 bridgehead atoms. The van der Waals surface area contributed by atoms with Gasteiger partial charge < -0.3 is 10.2 Å². The maximum Gasteiger partial charge on any atom is 0.317 e. The average molecular weight is 296 g/mol. The minimum atomic E-state index is 0.0148. The molecule has 1 heterocycles. The van der Waals surface area contributed by atoms with Gasteiger partial charge in [0.2, 0.25) is 0 Å². The summed E-state index contributed by atoms with van der Waals surface area (Å²) in [7, 11) is 3.78. The number of nitrogens with one attached hydrogen (secondary N) is 1. The first-order valence-electron chi connectivity index (χ1n) is 7.20. The zero-order chi connectivity index (χ0) is 14.5. The number of amides is 2. The molecule has 6 heteroatoms. The highest BCUT2D eigenvalue weighted by atomic mass is 32.2. The normalized spacial score (nSPS) is 21.9. The molecular formula is C14H24N4OS. The van der Waals surface area contributed by atoms with Crippen molar-refractivity contribution in [2.45, 2.75) is 44.0 Å². The molecule has 1 aliphatic carbocycles. The molecule has 1 aromatic heterocycles. The van der Waals surface area contributed by atoms with E-state index in [1.807, 2.05) is 37.0 Å². The molecule has 0 aromatic carbocycles. The van der Waals surface area contributed by atoms with Crippen molar-refractivity contribution in [3.8, 4) is 0 Å². The molecule has 0 unspecified atom stereocenters. The molecule has 2 atom stereocenters. The van der Waals surface area contributed by atoms with E-state index in [4.69, 9.17) is 0 Å². The van der Waals surface area contributed by atoms with Crippen molar-refractivity contribution in [1.82, 2.24) is 20.0 Å². The number of nitrogens with zero attached hydrogens (tertiary/aromatic N) is 3. The number of carbonyl (C=O) groups is 1. The zero-order valence-corrected chi connectivity index (χ0v) is 13.3. The minimum absolute atomic E-state index is 0.0148. The Bertz CT molecular complexity index is 448. The summed E-state index contributed by atoms with van der Waals surface area (Å²) in [6.45, 7) is 2.74. The van der Waals surface area contributed by atoms with Gasteiger partial charge in [-0.1, -0.05) is 6.92 Å². The van der Waals surface area contributed by atoms with Crippen molar-refractivity contribution in [2.24, 2.45) is 7.05 Å². The predicted molar refractivity (Wildman–Crippen MR) is 82.8 cm³/mol. The number of urea groups is 1. The van der Waals surface area contributed by atoms with Crippen molar-refractivity contribution in [3.63, 3.8) is 0 Å². The molecule has 2 amide bonds. The van der Waals surface area contributed by atoms with Crippen molar-refractivity contribution in [3.05, 3.63) is 18.0 Å². The summed E-state index contributed by atoms with van der Waals surface area (Å²) in [5, 5.41) is 7.78. The highest BCUT2D eigenvalue weighted by Crippen LogP contribution is 2.32. The van der Waals surface area contributed by atoms with Crippen molar-refractivity contribution < 1.29 is 4.79 Å². The number of thioether (sulfide) groups is 1. The number of carbonyl (C=O) groups excluding carboxylic acids is 1. The van der Waals surface area contributed by atoms with Crippen LogP contribution in [0, 0.1) is 0 Å². The van der Waals surface area contributed by atoms with E-state index in [2.05, 4.69) is 17.3 Å². The van der Waals surface area contributed by atoms with Crippen LogP contribution in [0.1, 0.15) is 31.7 Å². The van der Waals surface area contributed by atoms with Crippen LogP contribution in [0.25, 0.3) is 0 Å². The maximum absolute atomic E-state index is 12.2. The van der Waals surface area contributed by atoms with Gasteiger partial charge in [-0.2, -0.15) is 16.9 Å². The largest absolute Gasteiger partial charge is 0.334 e. The molecule has 5 nitrogen and oxygen atoms in total. The van der Waals surface area contributed by atoms with Crippen LogP contribution in [0.4, 0.5) is 4.79 Å². The Morgan fingerprint density at radius 1 is 1.60 bits per heavy atom. The van der Waals surface area contributed by atoms with Crippen LogP contribution in [-0.4, -0.2) is 44.8 Å². The molecule has 0 spiro atoms. The van der Waals surface area contributed by atoms with Gasteiger partial charge in [0.15, 0.2) is 0 Å². The highest BCUT2D eigenvalue weighted by Gasteiger charge is 2.29. The number of hydrogen-bond acceptors (Lipinski definition) is 3. The van der Waals surface area contributed by atoms with Gasteiger partial charge in [-0.15, -0.1) is 0 Å². The van der Waals surface area contributed by atoms with Crippen LogP contribution in [0.5, 0.6) is 0 Å². The van der Waals surface area contributed by atoms with Crippen LogP contribution >= 0.6 is 11.8 Å². The second kappa shape index (κ2) is 7.02. The third-order valence-electron chi connectivity index (χ3n) is 3.83. The summed E-state index contributed by atoms with van der Waals surface area (Å²) >= 11 is 2.02. The first-order valence-corrected chi connectivity index (χ1v) is 8.24. The van der Waals surface area contributed by atoms with E-state index in [9.17, 15) is 4.79 Å². The Hall–Kier alpha value is -1.17. The summed E-state index contributed by atoms with van der Waals surface area (Å²) in [6, 6.07) is 0.397. The molecule has 0 saturated heterocycles. The van der Waals surface area contributed by atoms with E-state index in [0.29, 0.717) is 12.6 Å². The van der Waals surface area contributed by atoms with Crippen molar-refractivity contribution >= 4 is 17.8 Å². The lowest BCUT2D eigenvalue weighted by Crippen LogP contribution is -2.42. The smallest absolute Gasteiger partial charge is 0.317 e. The molecule has 0 radical (unpaired) electrons. The summed E-state index contributed by atoms with van der Waals surface area (Å²) in [6.07, 6.45) is 7.17. The lowest BCUT2D eigenvalue weighted by molar-refractivity contribution is 0.190. The van der Waals surface area contributed by atoms with Crippen LogP contribution in [0.15, 0.2) is 12.4 Å². The molecule has 0 aliphatic heterocycles. The monoisotopic (exact) mass is 296 g/mol. The van der Waals surface area contributed by atoms with E-state index in [-0.39, 0.29) is 6.03 Å². The first-order chi connectivity index (χ1) is 9.60. The number of rotatable bonds is 5. The SMILES string of the molecule is CCS[C@H]1CC[C@H](N(C)C(=O)NCc2cnn(C)c2)C1. The molecule has 1 fully saturated rings. The van der Waals surface area contributed by atoms with E-state index >= 15 is 0 Å². The second-order valence-corrected chi connectivity index (χ2v) is 6.91. The fraction of sp³-hybridized carbons (Fsp3) is 0.714. The van der Waals surface area contributed by atoms with E-state index in [1.165, 1.54) is 6.42 Å². The first kappa shape index (κ1) is 15.2. The topological polar surface area (TPSA) is 50.2 Å². The molecule has 1 saturated carbocycles. The van der Waals surface area contributed by atoms with Crippen LogP contribution in [-0.2, 0) is 13.6 Å². The molecule has 1 aromatic rings. The van der Waals surface area contributed by atoms with Gasteiger partial charge in [-0.25, -0.2) is 4.79 Å². The quantitative estimate of drug-likeness (QED) is 0.906. The lowest BCUT2D eigenvalue weighted by Gasteiger charge is -2.24. The molecule has 112 valence electrons.